The van der Waals surface area contributed by atoms with Crippen molar-refractivity contribution in [2.24, 2.45) is 13.0 Å². The molecule has 0 saturated heterocycles. The largest absolute Gasteiger partial charge is 0.489 e. The molecule has 1 unspecified atom stereocenters. The van der Waals surface area contributed by atoms with Crippen molar-refractivity contribution in [2.45, 2.75) is 27.2 Å². The van der Waals surface area contributed by atoms with Gasteiger partial charge in [0.1, 0.15) is 18.0 Å². The molecule has 0 saturated carbocycles. The first-order valence-electron chi connectivity index (χ1n) is 7.86. The van der Waals surface area contributed by atoms with Gasteiger partial charge in [-0.1, -0.05) is 6.92 Å². The van der Waals surface area contributed by atoms with Gasteiger partial charge in [-0.25, -0.2) is 0 Å². The third-order valence-electron chi connectivity index (χ3n) is 4.48. The Bertz CT molecular complexity index is 738. The second-order valence-electron chi connectivity index (χ2n) is 6.06. The molecule has 0 N–H and O–H groups in total. The summed E-state index contributed by atoms with van der Waals surface area (Å²) in [7, 11) is 1.93. The maximum absolute atomic E-state index is 12.9. The van der Waals surface area contributed by atoms with Crippen molar-refractivity contribution >= 4 is 11.6 Å². The van der Waals surface area contributed by atoms with Crippen LogP contribution >= 0.6 is 0 Å². The van der Waals surface area contributed by atoms with E-state index in [4.69, 9.17) is 4.74 Å². The Balaban J connectivity index is 1.81. The van der Waals surface area contributed by atoms with Crippen LogP contribution in [0.2, 0.25) is 0 Å². The summed E-state index contributed by atoms with van der Waals surface area (Å²) in [6.07, 6.45) is 4.07. The minimum atomic E-state index is -0.122. The fourth-order valence-electron chi connectivity index (χ4n) is 3.07. The molecule has 0 aromatic carbocycles. The summed E-state index contributed by atoms with van der Waals surface area (Å²) in [4.78, 5) is 18.8. The minimum absolute atomic E-state index is 0.102. The monoisotopic (exact) mass is 314 g/mol. The zero-order valence-corrected chi connectivity index (χ0v) is 14.0. The number of aryl methyl sites for hydroxylation is 2. The predicted octanol–water partition coefficient (Wildman–Crippen LogP) is 2.04. The van der Waals surface area contributed by atoms with Crippen LogP contribution in [0.1, 0.15) is 23.9 Å². The van der Waals surface area contributed by atoms with E-state index in [1.165, 1.54) is 0 Å². The van der Waals surface area contributed by atoms with Crippen LogP contribution in [0, 0.1) is 19.8 Å². The van der Waals surface area contributed by atoms with Crippen LogP contribution in [0.4, 0.5) is 5.69 Å². The smallest absolute Gasteiger partial charge is 0.230 e. The van der Waals surface area contributed by atoms with Gasteiger partial charge in [-0.2, -0.15) is 5.10 Å². The van der Waals surface area contributed by atoms with E-state index in [1.807, 2.05) is 32.5 Å². The summed E-state index contributed by atoms with van der Waals surface area (Å²) < 4.78 is 7.47. The van der Waals surface area contributed by atoms with E-state index in [2.05, 4.69) is 10.1 Å². The van der Waals surface area contributed by atoms with Gasteiger partial charge in [0, 0.05) is 30.9 Å². The number of nitrogens with zero attached hydrogens (tertiary/aromatic N) is 4. The van der Waals surface area contributed by atoms with Gasteiger partial charge in [0.2, 0.25) is 5.91 Å². The summed E-state index contributed by atoms with van der Waals surface area (Å²) in [5, 5.41) is 4.43. The molecule has 0 spiro atoms. The first-order valence-corrected chi connectivity index (χ1v) is 7.86. The summed E-state index contributed by atoms with van der Waals surface area (Å²) in [6, 6.07) is 1.80. The van der Waals surface area contributed by atoms with Crippen LogP contribution in [-0.4, -0.2) is 33.8 Å². The number of aromatic nitrogens is 3. The summed E-state index contributed by atoms with van der Waals surface area (Å²) in [5.41, 5.74) is 4.03. The quantitative estimate of drug-likeness (QED) is 0.870. The lowest BCUT2D eigenvalue weighted by Gasteiger charge is -2.31. The molecule has 0 fully saturated rings. The number of hydrogen-bond donors (Lipinski definition) is 0. The van der Waals surface area contributed by atoms with E-state index < -0.39 is 0 Å². The zero-order valence-electron chi connectivity index (χ0n) is 14.0. The molecule has 6 nitrogen and oxygen atoms in total. The highest BCUT2D eigenvalue weighted by molar-refractivity contribution is 5.96. The number of carbonyl (C=O) groups excluding carboxylic acids is 1. The molecule has 0 bridgehead atoms. The number of fused-ring (bicyclic) bond motifs is 1. The molecule has 3 heterocycles. The lowest BCUT2D eigenvalue weighted by atomic mass is 9.98. The first-order chi connectivity index (χ1) is 11.0. The van der Waals surface area contributed by atoms with Crippen molar-refractivity contribution in [1.29, 1.82) is 0 Å². The van der Waals surface area contributed by atoms with E-state index in [0.717, 1.165) is 28.4 Å². The van der Waals surface area contributed by atoms with Gasteiger partial charge in [0.05, 0.1) is 18.4 Å². The Hall–Kier alpha value is -2.37. The molecule has 23 heavy (non-hydrogen) atoms. The van der Waals surface area contributed by atoms with Gasteiger partial charge in [-0.05, 0) is 25.8 Å². The van der Waals surface area contributed by atoms with Gasteiger partial charge in [-0.15, -0.1) is 0 Å². The summed E-state index contributed by atoms with van der Waals surface area (Å²) in [5.74, 6) is 0.702. The van der Waals surface area contributed by atoms with Crippen molar-refractivity contribution in [3.8, 4) is 5.75 Å². The van der Waals surface area contributed by atoms with Gasteiger partial charge in [0.15, 0.2) is 0 Å². The third kappa shape index (κ3) is 2.81. The normalized spacial score (nSPS) is 15.0. The van der Waals surface area contributed by atoms with Crippen molar-refractivity contribution in [1.82, 2.24) is 14.8 Å². The van der Waals surface area contributed by atoms with Crippen molar-refractivity contribution < 1.29 is 9.53 Å². The van der Waals surface area contributed by atoms with E-state index in [9.17, 15) is 4.79 Å². The van der Waals surface area contributed by atoms with Gasteiger partial charge in [0.25, 0.3) is 0 Å². The van der Waals surface area contributed by atoms with Crippen molar-refractivity contribution in [3.05, 3.63) is 35.4 Å². The molecule has 1 atom stereocenters. The molecule has 0 aliphatic carbocycles. The van der Waals surface area contributed by atoms with E-state index in [1.54, 1.807) is 23.4 Å². The number of anilines is 1. The number of ether oxygens (including phenoxy) is 1. The number of amides is 1. The van der Waals surface area contributed by atoms with Crippen molar-refractivity contribution in [2.75, 3.05) is 18.1 Å². The van der Waals surface area contributed by atoms with Crippen molar-refractivity contribution in [3.63, 3.8) is 0 Å². The Morgan fingerprint density at radius 2 is 2.22 bits per heavy atom. The Kier molecular flexibility index (Phi) is 4.07. The maximum Gasteiger partial charge on any atom is 0.230 e. The second-order valence-corrected chi connectivity index (χ2v) is 6.06. The van der Waals surface area contributed by atoms with Gasteiger partial charge >= 0.3 is 0 Å². The Morgan fingerprint density at radius 3 is 2.91 bits per heavy atom. The third-order valence-corrected chi connectivity index (χ3v) is 4.48. The average molecular weight is 314 g/mol. The molecule has 3 rings (SSSR count). The Labute approximate surface area is 136 Å². The number of carbonyl (C=O) groups is 1. The van der Waals surface area contributed by atoms with Gasteiger partial charge in [-0.3, -0.25) is 14.5 Å². The topological polar surface area (TPSA) is 60.2 Å². The molecule has 1 aliphatic rings. The molecule has 6 heteroatoms. The van der Waals surface area contributed by atoms with Crippen LogP contribution < -0.4 is 9.64 Å². The number of hydrogen-bond acceptors (Lipinski definition) is 4. The van der Waals surface area contributed by atoms with E-state index in [0.29, 0.717) is 19.6 Å². The average Bonchev–Trinajstić information content (AvgIpc) is 2.80. The predicted molar refractivity (Wildman–Crippen MR) is 87.6 cm³/mol. The highest BCUT2D eigenvalue weighted by atomic mass is 16.5. The fraction of sp³-hybridized carbons (Fsp3) is 0.471. The van der Waals surface area contributed by atoms with Crippen LogP contribution in [0.3, 0.4) is 0 Å². The highest BCUT2D eigenvalue weighted by Crippen LogP contribution is 2.31. The highest BCUT2D eigenvalue weighted by Gasteiger charge is 2.28. The molecule has 1 amide bonds. The number of rotatable bonds is 3. The van der Waals surface area contributed by atoms with E-state index in [-0.39, 0.29) is 11.8 Å². The molecular weight excluding hydrogens is 292 g/mol. The molecule has 2 aromatic heterocycles. The minimum Gasteiger partial charge on any atom is -0.489 e. The Morgan fingerprint density at radius 1 is 1.43 bits per heavy atom. The maximum atomic E-state index is 12.9. The number of pyridine rings is 1. The molecule has 0 radical (unpaired) electrons. The van der Waals surface area contributed by atoms with E-state index >= 15 is 0 Å². The lowest BCUT2D eigenvalue weighted by molar-refractivity contribution is -0.122. The van der Waals surface area contributed by atoms with Crippen LogP contribution in [0.25, 0.3) is 0 Å². The zero-order chi connectivity index (χ0) is 16.6. The fourth-order valence-corrected chi connectivity index (χ4v) is 3.07. The standard InChI is InChI=1S/C17H22N4O2/c1-11(9-14-12(2)19-20(4)13(14)3)17(22)21-7-8-23-16-5-6-18-10-15(16)21/h5-6,10-11H,7-9H2,1-4H3. The molecular formula is C17H22N4O2. The molecule has 2 aromatic rings. The SMILES string of the molecule is Cc1nn(C)c(C)c1CC(C)C(=O)N1CCOc2ccncc21. The van der Waals surface area contributed by atoms with Crippen LogP contribution in [-0.2, 0) is 18.3 Å². The first kappa shape index (κ1) is 15.5. The van der Waals surface area contributed by atoms with Gasteiger partial charge < -0.3 is 9.64 Å². The summed E-state index contributed by atoms with van der Waals surface area (Å²) in [6.45, 7) is 7.08. The summed E-state index contributed by atoms with van der Waals surface area (Å²) >= 11 is 0. The lowest BCUT2D eigenvalue weighted by Crippen LogP contribution is -2.41. The van der Waals surface area contributed by atoms with Crippen LogP contribution in [0.15, 0.2) is 18.5 Å². The second kappa shape index (κ2) is 6.02. The molecule has 1 aliphatic heterocycles. The van der Waals surface area contributed by atoms with Crippen LogP contribution in [0.5, 0.6) is 5.75 Å². The molecule has 122 valence electrons.